The van der Waals surface area contributed by atoms with E-state index in [-0.39, 0.29) is 0 Å². The molecule has 0 aromatic heterocycles. The molecule has 86 valence electrons. The van der Waals surface area contributed by atoms with Gasteiger partial charge in [-0.25, -0.2) is 0 Å². The number of hydrogen-bond acceptors (Lipinski definition) is 2. The molecule has 0 spiro atoms. The second kappa shape index (κ2) is 6.41. The maximum atomic E-state index is 2.44. The summed E-state index contributed by atoms with van der Waals surface area (Å²) in [6.45, 7) is 10.5. The third-order valence-corrected chi connectivity index (χ3v) is 2.14. The van der Waals surface area contributed by atoms with E-state index in [9.17, 15) is 0 Å². The van der Waals surface area contributed by atoms with Crippen LogP contribution in [0.25, 0.3) is 0 Å². The van der Waals surface area contributed by atoms with Crippen molar-refractivity contribution >= 4 is 0 Å². The molecule has 0 saturated carbocycles. The van der Waals surface area contributed by atoms with Crippen molar-refractivity contribution in [3.63, 3.8) is 0 Å². The summed E-state index contributed by atoms with van der Waals surface area (Å²) < 4.78 is 0. The fourth-order valence-electron chi connectivity index (χ4n) is 1.70. The lowest BCUT2D eigenvalue weighted by atomic mass is 9.96. The van der Waals surface area contributed by atoms with Gasteiger partial charge in [0.05, 0.1) is 0 Å². The Balaban J connectivity index is 3.40. The van der Waals surface area contributed by atoms with Crippen molar-refractivity contribution in [3.05, 3.63) is 0 Å². The SMILES string of the molecule is CN(C)CCCCN(C)CC(C)(C)C. The summed E-state index contributed by atoms with van der Waals surface area (Å²) >= 11 is 0. The molecule has 14 heavy (non-hydrogen) atoms. The number of nitrogens with zero attached hydrogens (tertiary/aromatic N) is 2. The molecule has 0 rings (SSSR count). The second-order valence-corrected chi connectivity index (χ2v) is 5.81. The van der Waals surface area contributed by atoms with E-state index in [1.807, 2.05) is 0 Å². The van der Waals surface area contributed by atoms with E-state index in [4.69, 9.17) is 0 Å². The van der Waals surface area contributed by atoms with Gasteiger partial charge >= 0.3 is 0 Å². The van der Waals surface area contributed by atoms with Gasteiger partial charge in [0.1, 0.15) is 0 Å². The van der Waals surface area contributed by atoms with Crippen molar-refractivity contribution in [3.8, 4) is 0 Å². The van der Waals surface area contributed by atoms with Crippen LogP contribution in [-0.4, -0.2) is 50.6 Å². The van der Waals surface area contributed by atoms with Gasteiger partial charge in [0, 0.05) is 6.54 Å². The van der Waals surface area contributed by atoms with Crippen LogP contribution < -0.4 is 0 Å². The molecule has 0 atom stereocenters. The molecule has 0 aliphatic carbocycles. The first-order valence-corrected chi connectivity index (χ1v) is 5.64. The minimum atomic E-state index is 0.427. The first kappa shape index (κ1) is 13.9. The van der Waals surface area contributed by atoms with Crippen molar-refractivity contribution in [1.82, 2.24) is 9.80 Å². The molecule has 0 radical (unpaired) electrons. The number of hydrogen-bond donors (Lipinski definition) is 0. The summed E-state index contributed by atoms with van der Waals surface area (Å²) in [4.78, 5) is 4.69. The van der Waals surface area contributed by atoms with Crippen LogP contribution in [0.15, 0.2) is 0 Å². The lowest BCUT2D eigenvalue weighted by Crippen LogP contribution is -2.30. The van der Waals surface area contributed by atoms with Crippen LogP contribution in [0.5, 0.6) is 0 Å². The predicted octanol–water partition coefficient (Wildman–Crippen LogP) is 2.31. The topological polar surface area (TPSA) is 6.48 Å². The van der Waals surface area contributed by atoms with Crippen LogP contribution in [0.1, 0.15) is 33.6 Å². The van der Waals surface area contributed by atoms with Gasteiger partial charge < -0.3 is 9.80 Å². The largest absolute Gasteiger partial charge is 0.309 e. The van der Waals surface area contributed by atoms with Crippen molar-refractivity contribution in [2.24, 2.45) is 5.41 Å². The van der Waals surface area contributed by atoms with Crippen LogP contribution >= 0.6 is 0 Å². The highest BCUT2D eigenvalue weighted by atomic mass is 15.1. The van der Waals surface area contributed by atoms with Gasteiger partial charge in [-0.15, -0.1) is 0 Å². The molecule has 0 aromatic rings. The first-order chi connectivity index (χ1) is 6.31. The van der Waals surface area contributed by atoms with Gasteiger partial charge in [0.25, 0.3) is 0 Å². The molecule has 2 nitrogen and oxygen atoms in total. The second-order valence-electron chi connectivity index (χ2n) is 5.81. The van der Waals surface area contributed by atoms with Gasteiger partial charge in [-0.3, -0.25) is 0 Å². The molecule has 0 aromatic carbocycles. The van der Waals surface area contributed by atoms with Crippen molar-refractivity contribution in [1.29, 1.82) is 0 Å². The zero-order valence-electron chi connectivity index (χ0n) is 10.9. The summed E-state index contributed by atoms with van der Waals surface area (Å²) in [6.07, 6.45) is 2.62. The molecule has 0 bridgehead atoms. The Morgan fingerprint density at radius 2 is 1.36 bits per heavy atom. The fraction of sp³-hybridized carbons (Fsp3) is 1.00. The molecular weight excluding hydrogens is 172 g/mol. The van der Waals surface area contributed by atoms with Crippen molar-refractivity contribution < 1.29 is 0 Å². The molecule has 2 heteroatoms. The Hall–Kier alpha value is -0.0800. The van der Waals surface area contributed by atoms with Gasteiger partial charge in [-0.2, -0.15) is 0 Å². The summed E-state index contributed by atoms with van der Waals surface area (Å²) in [7, 11) is 6.50. The molecule has 0 aliphatic rings. The molecule has 0 aliphatic heterocycles. The summed E-state index contributed by atoms with van der Waals surface area (Å²) in [5.41, 5.74) is 0.427. The van der Waals surface area contributed by atoms with Crippen LogP contribution in [-0.2, 0) is 0 Å². The zero-order valence-corrected chi connectivity index (χ0v) is 10.9. The maximum absolute atomic E-state index is 2.44. The summed E-state index contributed by atoms with van der Waals surface area (Å²) in [6, 6.07) is 0. The lowest BCUT2D eigenvalue weighted by Gasteiger charge is -2.26. The highest BCUT2D eigenvalue weighted by Gasteiger charge is 2.12. The number of unbranched alkanes of at least 4 members (excludes halogenated alkanes) is 1. The van der Waals surface area contributed by atoms with E-state index in [0.29, 0.717) is 5.41 Å². The van der Waals surface area contributed by atoms with Crippen molar-refractivity contribution in [2.45, 2.75) is 33.6 Å². The molecule has 0 heterocycles. The Morgan fingerprint density at radius 3 is 1.79 bits per heavy atom. The van der Waals surface area contributed by atoms with E-state index in [0.717, 1.165) is 0 Å². The van der Waals surface area contributed by atoms with Crippen LogP contribution in [0.3, 0.4) is 0 Å². The molecule has 0 unspecified atom stereocenters. The van der Waals surface area contributed by atoms with Gasteiger partial charge in [0.2, 0.25) is 0 Å². The van der Waals surface area contributed by atoms with E-state index < -0.39 is 0 Å². The Morgan fingerprint density at radius 1 is 0.857 bits per heavy atom. The minimum Gasteiger partial charge on any atom is -0.309 e. The molecule has 0 amide bonds. The highest BCUT2D eigenvalue weighted by Crippen LogP contribution is 2.14. The van der Waals surface area contributed by atoms with E-state index in [1.165, 1.54) is 32.5 Å². The monoisotopic (exact) mass is 200 g/mol. The standard InChI is InChI=1S/C12H28N2/c1-12(2,3)11-14(6)10-8-7-9-13(4)5/h7-11H2,1-6H3. The van der Waals surface area contributed by atoms with Crippen LogP contribution in [0.4, 0.5) is 0 Å². The first-order valence-electron chi connectivity index (χ1n) is 5.64. The smallest absolute Gasteiger partial charge is 0.00270 e. The lowest BCUT2D eigenvalue weighted by molar-refractivity contribution is 0.221. The molecule has 0 saturated heterocycles. The van der Waals surface area contributed by atoms with Crippen LogP contribution in [0.2, 0.25) is 0 Å². The Bertz CT molecular complexity index is 136. The molecular formula is C12H28N2. The molecule has 0 N–H and O–H groups in total. The predicted molar refractivity (Wildman–Crippen MR) is 64.7 cm³/mol. The Labute approximate surface area is 90.3 Å². The fourth-order valence-corrected chi connectivity index (χ4v) is 1.70. The third-order valence-electron chi connectivity index (χ3n) is 2.14. The summed E-state index contributed by atoms with van der Waals surface area (Å²) in [5, 5.41) is 0. The Kier molecular flexibility index (Phi) is 6.38. The minimum absolute atomic E-state index is 0.427. The van der Waals surface area contributed by atoms with Gasteiger partial charge in [-0.1, -0.05) is 20.8 Å². The summed E-state index contributed by atoms with van der Waals surface area (Å²) in [5.74, 6) is 0. The normalized spacial score (nSPS) is 12.9. The number of rotatable bonds is 6. The average Bonchev–Trinajstić information content (AvgIpc) is 1.94. The van der Waals surface area contributed by atoms with E-state index in [1.54, 1.807) is 0 Å². The highest BCUT2D eigenvalue weighted by molar-refractivity contribution is 4.66. The zero-order chi connectivity index (χ0) is 11.2. The van der Waals surface area contributed by atoms with Gasteiger partial charge in [0.15, 0.2) is 0 Å². The quantitative estimate of drug-likeness (QED) is 0.607. The molecule has 0 fully saturated rings. The average molecular weight is 200 g/mol. The van der Waals surface area contributed by atoms with Crippen molar-refractivity contribution in [2.75, 3.05) is 40.8 Å². The third kappa shape index (κ3) is 10.0. The van der Waals surface area contributed by atoms with E-state index in [2.05, 4.69) is 51.7 Å². The van der Waals surface area contributed by atoms with Gasteiger partial charge in [-0.05, 0) is 52.5 Å². The maximum Gasteiger partial charge on any atom is 0.00270 e. The van der Waals surface area contributed by atoms with Crippen LogP contribution in [0, 0.1) is 5.41 Å². The van der Waals surface area contributed by atoms with E-state index >= 15 is 0 Å².